The molecule has 1 N–H and O–H groups in total. The minimum Gasteiger partial charge on any atom is -0.503 e. The van der Waals surface area contributed by atoms with Crippen LogP contribution in [0.5, 0.6) is 11.5 Å². The summed E-state index contributed by atoms with van der Waals surface area (Å²) in [6, 6.07) is 22.9. The highest BCUT2D eigenvalue weighted by Crippen LogP contribution is 2.44. The molecule has 0 saturated heterocycles. The van der Waals surface area contributed by atoms with Crippen LogP contribution in [-0.4, -0.2) is 30.1 Å². The molecule has 0 saturated carbocycles. The van der Waals surface area contributed by atoms with E-state index in [9.17, 15) is 9.90 Å². The molecule has 0 fully saturated rings. The Hall–Kier alpha value is -3.73. The lowest BCUT2D eigenvalue weighted by Crippen LogP contribution is -2.30. The van der Waals surface area contributed by atoms with Gasteiger partial charge in [0.2, 0.25) is 0 Å². The summed E-state index contributed by atoms with van der Waals surface area (Å²) in [7, 11) is 3.23. The molecule has 1 heterocycles. The van der Waals surface area contributed by atoms with Crippen molar-refractivity contribution in [3.05, 3.63) is 101 Å². The zero-order valence-corrected chi connectivity index (χ0v) is 19.4. The molecular formula is C28H29NO4. The number of hydrogen-bond acceptors (Lipinski definition) is 4. The van der Waals surface area contributed by atoms with Gasteiger partial charge in [-0.1, -0.05) is 68.4 Å². The number of ether oxygens (including phenoxy) is 2. The van der Waals surface area contributed by atoms with Gasteiger partial charge in [-0.25, -0.2) is 0 Å². The lowest BCUT2D eigenvalue weighted by atomic mass is 9.91. The standard InChI is InChI=1S/C28H29NO4/c1-18(2)19-9-11-21(12-10-19)26-25(20-13-15-23(32-3)16-14-20)27(30)28(31)29(26)17-22-7-5-6-8-24(22)33-4/h5-16,18,26,30H,17H2,1-4H3/t26-/m0/s1. The Balaban J connectivity index is 1.81. The van der Waals surface area contributed by atoms with Gasteiger partial charge in [-0.05, 0) is 40.8 Å². The Kier molecular flexibility index (Phi) is 6.40. The maximum atomic E-state index is 13.3. The van der Waals surface area contributed by atoms with Crippen LogP contribution in [0.25, 0.3) is 5.57 Å². The van der Waals surface area contributed by atoms with Gasteiger partial charge in [-0.2, -0.15) is 0 Å². The van der Waals surface area contributed by atoms with Crippen molar-refractivity contribution in [1.82, 2.24) is 4.90 Å². The van der Waals surface area contributed by atoms with Gasteiger partial charge in [-0.15, -0.1) is 0 Å². The fourth-order valence-electron chi connectivity index (χ4n) is 4.31. The zero-order valence-electron chi connectivity index (χ0n) is 19.4. The van der Waals surface area contributed by atoms with Crippen LogP contribution in [0.2, 0.25) is 0 Å². The summed E-state index contributed by atoms with van der Waals surface area (Å²) < 4.78 is 10.8. The topological polar surface area (TPSA) is 59.0 Å². The molecule has 1 amide bonds. The minimum atomic E-state index is -0.433. The average molecular weight is 444 g/mol. The lowest BCUT2D eigenvalue weighted by molar-refractivity contribution is -0.130. The highest BCUT2D eigenvalue weighted by Gasteiger charge is 2.41. The predicted octanol–water partition coefficient (Wildman–Crippen LogP) is 5.88. The molecule has 5 heteroatoms. The first-order chi connectivity index (χ1) is 15.9. The van der Waals surface area contributed by atoms with Crippen LogP contribution in [0.3, 0.4) is 0 Å². The third kappa shape index (κ3) is 4.31. The van der Waals surface area contributed by atoms with Crippen molar-refractivity contribution >= 4 is 11.5 Å². The second-order valence-corrected chi connectivity index (χ2v) is 8.46. The van der Waals surface area contributed by atoms with Crippen molar-refractivity contribution in [3.8, 4) is 11.5 Å². The number of hydrogen-bond donors (Lipinski definition) is 1. The van der Waals surface area contributed by atoms with E-state index in [0.29, 0.717) is 29.5 Å². The van der Waals surface area contributed by atoms with Crippen LogP contribution < -0.4 is 9.47 Å². The summed E-state index contributed by atoms with van der Waals surface area (Å²) in [4.78, 5) is 15.0. The maximum Gasteiger partial charge on any atom is 0.290 e. The van der Waals surface area contributed by atoms with Crippen LogP contribution in [0.1, 0.15) is 48.1 Å². The zero-order chi connectivity index (χ0) is 23.5. The third-order valence-corrected chi connectivity index (χ3v) is 6.16. The molecule has 1 aliphatic heterocycles. The first-order valence-electron chi connectivity index (χ1n) is 11.0. The Morgan fingerprint density at radius 3 is 2.18 bits per heavy atom. The van der Waals surface area contributed by atoms with Crippen LogP contribution in [0.15, 0.2) is 78.6 Å². The minimum absolute atomic E-state index is 0.229. The van der Waals surface area contributed by atoms with Gasteiger partial charge < -0.3 is 19.5 Å². The number of aliphatic hydroxyl groups is 1. The lowest BCUT2D eigenvalue weighted by Gasteiger charge is -2.28. The maximum absolute atomic E-state index is 13.3. The van der Waals surface area contributed by atoms with E-state index in [2.05, 4.69) is 26.0 Å². The molecule has 170 valence electrons. The first kappa shape index (κ1) is 22.5. The Labute approximate surface area is 194 Å². The molecule has 33 heavy (non-hydrogen) atoms. The molecule has 0 aliphatic carbocycles. The molecule has 0 aromatic heterocycles. The smallest absolute Gasteiger partial charge is 0.290 e. The molecule has 1 aliphatic rings. The van der Waals surface area contributed by atoms with E-state index in [4.69, 9.17) is 9.47 Å². The van der Waals surface area contributed by atoms with E-state index in [0.717, 1.165) is 16.7 Å². The summed E-state index contributed by atoms with van der Waals surface area (Å²) in [5, 5.41) is 11.0. The molecule has 5 nitrogen and oxygen atoms in total. The number of amides is 1. The first-order valence-corrected chi connectivity index (χ1v) is 11.0. The fourth-order valence-corrected chi connectivity index (χ4v) is 4.31. The van der Waals surface area contributed by atoms with Crippen LogP contribution in [0.4, 0.5) is 0 Å². The number of methoxy groups -OCH3 is 2. The van der Waals surface area contributed by atoms with Crippen molar-refractivity contribution in [2.45, 2.75) is 32.4 Å². The number of nitrogens with zero attached hydrogens (tertiary/aromatic N) is 1. The van der Waals surface area contributed by atoms with E-state index >= 15 is 0 Å². The number of rotatable bonds is 7. The number of aliphatic hydroxyl groups excluding tert-OH is 1. The summed E-state index contributed by atoms with van der Waals surface area (Å²) in [6.07, 6.45) is 0. The van der Waals surface area contributed by atoms with Crippen molar-refractivity contribution in [2.75, 3.05) is 14.2 Å². The van der Waals surface area contributed by atoms with Gasteiger partial charge >= 0.3 is 0 Å². The van der Waals surface area contributed by atoms with E-state index in [1.807, 2.05) is 60.7 Å². The molecule has 0 radical (unpaired) electrons. The molecule has 3 aromatic carbocycles. The highest BCUT2D eigenvalue weighted by molar-refractivity contribution is 6.05. The van der Waals surface area contributed by atoms with E-state index in [-0.39, 0.29) is 5.76 Å². The average Bonchev–Trinajstić information content (AvgIpc) is 3.09. The van der Waals surface area contributed by atoms with Gasteiger partial charge in [0.15, 0.2) is 5.76 Å². The van der Waals surface area contributed by atoms with E-state index < -0.39 is 11.9 Å². The molecular weight excluding hydrogens is 414 g/mol. The van der Waals surface area contributed by atoms with Gasteiger partial charge in [0, 0.05) is 11.1 Å². The van der Waals surface area contributed by atoms with Crippen LogP contribution >= 0.6 is 0 Å². The number of benzene rings is 3. The van der Waals surface area contributed by atoms with Crippen molar-refractivity contribution in [1.29, 1.82) is 0 Å². The van der Waals surface area contributed by atoms with Crippen LogP contribution in [-0.2, 0) is 11.3 Å². The van der Waals surface area contributed by atoms with Crippen LogP contribution in [0, 0.1) is 0 Å². The molecule has 3 aromatic rings. The van der Waals surface area contributed by atoms with Crippen molar-refractivity contribution < 1.29 is 19.4 Å². The number of carbonyl (C=O) groups is 1. The third-order valence-electron chi connectivity index (χ3n) is 6.16. The monoisotopic (exact) mass is 443 g/mol. The van der Waals surface area contributed by atoms with E-state index in [1.165, 1.54) is 5.56 Å². The Morgan fingerprint density at radius 2 is 1.58 bits per heavy atom. The SMILES string of the molecule is COc1ccc(C2=C(O)C(=O)N(Cc3ccccc3OC)[C@H]2c2ccc(C(C)C)cc2)cc1. The molecule has 0 spiro atoms. The Bertz CT molecular complexity index is 1160. The Morgan fingerprint density at radius 1 is 0.909 bits per heavy atom. The number of carbonyl (C=O) groups excluding carboxylic acids is 1. The van der Waals surface area contributed by atoms with Crippen molar-refractivity contribution in [2.24, 2.45) is 0 Å². The molecule has 1 atom stereocenters. The molecule has 4 rings (SSSR count). The summed E-state index contributed by atoms with van der Waals surface area (Å²) in [5.41, 5.74) is 4.41. The molecule has 0 unspecified atom stereocenters. The largest absolute Gasteiger partial charge is 0.503 e. The summed E-state index contributed by atoms with van der Waals surface area (Å²) >= 11 is 0. The second-order valence-electron chi connectivity index (χ2n) is 8.46. The fraction of sp³-hybridized carbons (Fsp3) is 0.250. The predicted molar refractivity (Wildman–Crippen MR) is 129 cm³/mol. The van der Waals surface area contributed by atoms with Gasteiger partial charge in [0.1, 0.15) is 11.5 Å². The highest BCUT2D eigenvalue weighted by atomic mass is 16.5. The van der Waals surface area contributed by atoms with Crippen molar-refractivity contribution in [3.63, 3.8) is 0 Å². The summed E-state index contributed by atoms with van der Waals surface area (Å²) in [6.45, 7) is 4.61. The van der Waals surface area contributed by atoms with E-state index in [1.54, 1.807) is 19.1 Å². The number of para-hydroxylation sites is 1. The second kappa shape index (κ2) is 9.41. The van der Waals surface area contributed by atoms with Gasteiger partial charge in [-0.3, -0.25) is 4.79 Å². The molecule has 0 bridgehead atoms. The van der Waals surface area contributed by atoms with Gasteiger partial charge in [0.05, 0.1) is 26.8 Å². The van der Waals surface area contributed by atoms with Gasteiger partial charge in [0.25, 0.3) is 5.91 Å². The normalized spacial score (nSPS) is 16.0. The summed E-state index contributed by atoms with van der Waals surface area (Å²) in [5.74, 6) is 1.19. The quantitative estimate of drug-likeness (QED) is 0.495.